The summed E-state index contributed by atoms with van der Waals surface area (Å²) in [4.78, 5) is 14.5. The number of β-amino-alcohol motifs (C(OH)–C–C–N with tert-alkyl or cyclic N) is 1. The first-order valence-electron chi connectivity index (χ1n) is 11.5. The lowest BCUT2D eigenvalue weighted by Gasteiger charge is -2.38. The minimum atomic E-state index is -3.46. The van der Waals surface area contributed by atoms with Crippen LogP contribution in [0.2, 0.25) is 0 Å². The quantitative estimate of drug-likeness (QED) is 0.522. The first-order valence-corrected chi connectivity index (χ1v) is 12.9. The summed E-state index contributed by atoms with van der Waals surface area (Å²) >= 11 is 0. The number of hydrogen-bond donors (Lipinski definition) is 1. The van der Waals surface area contributed by atoms with E-state index in [1.54, 1.807) is 36.4 Å². The Bertz CT molecular complexity index is 1030. The molecule has 1 atom stereocenters. The fraction of sp³-hybridized carbons (Fsp3) is 0.458. The number of ether oxygens (including phenoxy) is 2. The van der Waals surface area contributed by atoms with E-state index in [9.17, 15) is 18.3 Å². The maximum atomic E-state index is 12.8. The molecule has 184 valence electrons. The van der Waals surface area contributed by atoms with E-state index in [0.29, 0.717) is 75.9 Å². The molecule has 4 rings (SSSR count). The Kier molecular flexibility index (Phi) is 8.30. The van der Waals surface area contributed by atoms with Gasteiger partial charge in [0, 0.05) is 56.9 Å². The summed E-state index contributed by atoms with van der Waals surface area (Å²) < 4.78 is 39.5. The molecular weight excluding hydrogens is 458 g/mol. The van der Waals surface area contributed by atoms with Crippen LogP contribution in [0.1, 0.15) is 15.9 Å². The van der Waals surface area contributed by atoms with E-state index in [-0.39, 0.29) is 12.4 Å². The third-order valence-electron chi connectivity index (χ3n) is 6.02. The Hall–Kier alpha value is -2.34. The first-order chi connectivity index (χ1) is 16.4. The van der Waals surface area contributed by atoms with Crippen LogP contribution in [0.5, 0.6) is 5.75 Å². The number of ketones is 1. The predicted octanol–water partition coefficient (Wildman–Crippen LogP) is 0.852. The molecule has 0 aromatic heterocycles. The minimum absolute atomic E-state index is 0.0537. The van der Waals surface area contributed by atoms with Gasteiger partial charge in [-0.3, -0.25) is 9.69 Å². The number of carbonyl (C=O) groups is 1. The summed E-state index contributed by atoms with van der Waals surface area (Å²) in [5, 5.41) is 10.4. The van der Waals surface area contributed by atoms with Gasteiger partial charge in [-0.1, -0.05) is 30.3 Å². The highest BCUT2D eigenvalue weighted by molar-refractivity contribution is 7.86. The average Bonchev–Trinajstić information content (AvgIpc) is 2.89. The van der Waals surface area contributed by atoms with Crippen LogP contribution in [0.15, 0.2) is 54.6 Å². The second-order valence-electron chi connectivity index (χ2n) is 8.40. The zero-order valence-electron chi connectivity index (χ0n) is 19.1. The van der Waals surface area contributed by atoms with Gasteiger partial charge in [-0.25, -0.2) is 0 Å². The van der Waals surface area contributed by atoms with Crippen molar-refractivity contribution in [3.8, 4) is 5.75 Å². The van der Waals surface area contributed by atoms with Crippen LogP contribution in [0.3, 0.4) is 0 Å². The van der Waals surface area contributed by atoms with Crippen molar-refractivity contribution in [2.24, 2.45) is 0 Å². The van der Waals surface area contributed by atoms with Crippen LogP contribution < -0.4 is 4.74 Å². The molecule has 1 unspecified atom stereocenters. The molecule has 2 aliphatic heterocycles. The van der Waals surface area contributed by atoms with E-state index in [2.05, 4.69) is 0 Å². The number of aliphatic hydroxyl groups is 1. The Labute approximate surface area is 200 Å². The van der Waals surface area contributed by atoms with Gasteiger partial charge in [-0.05, 0) is 24.3 Å². The first kappa shape index (κ1) is 24.8. The monoisotopic (exact) mass is 489 g/mol. The van der Waals surface area contributed by atoms with Crippen molar-refractivity contribution in [3.05, 3.63) is 65.7 Å². The number of benzene rings is 2. The molecule has 1 N–H and O–H groups in total. The summed E-state index contributed by atoms with van der Waals surface area (Å²) in [7, 11) is -3.46. The molecule has 0 saturated carbocycles. The van der Waals surface area contributed by atoms with Gasteiger partial charge >= 0.3 is 0 Å². The molecule has 2 aromatic rings. The second kappa shape index (κ2) is 11.4. The molecule has 10 heteroatoms. The van der Waals surface area contributed by atoms with Gasteiger partial charge < -0.3 is 14.6 Å². The third-order valence-corrected chi connectivity index (χ3v) is 8.05. The lowest BCUT2D eigenvalue weighted by Crippen LogP contribution is -2.55. The molecule has 0 amide bonds. The SMILES string of the molecule is O=C(c1ccccc1)c1ccc(OCC(O)CN2CCN(S(=O)(=O)N3CCOCC3)CC2)cc1. The third kappa shape index (κ3) is 6.21. The highest BCUT2D eigenvalue weighted by atomic mass is 32.2. The molecule has 0 spiro atoms. The smallest absolute Gasteiger partial charge is 0.282 e. The van der Waals surface area contributed by atoms with E-state index >= 15 is 0 Å². The Balaban J connectivity index is 1.20. The van der Waals surface area contributed by atoms with Crippen molar-refractivity contribution >= 4 is 16.0 Å². The van der Waals surface area contributed by atoms with Crippen molar-refractivity contribution in [3.63, 3.8) is 0 Å². The van der Waals surface area contributed by atoms with Gasteiger partial charge in [0.25, 0.3) is 10.2 Å². The van der Waals surface area contributed by atoms with Crippen LogP contribution in [0.25, 0.3) is 0 Å². The molecule has 0 bridgehead atoms. The molecule has 34 heavy (non-hydrogen) atoms. The highest BCUT2D eigenvalue weighted by Crippen LogP contribution is 2.17. The van der Waals surface area contributed by atoms with Crippen molar-refractivity contribution in [2.75, 3.05) is 65.6 Å². The maximum Gasteiger partial charge on any atom is 0.282 e. The normalized spacial score (nSPS) is 19.6. The number of morpholine rings is 1. The average molecular weight is 490 g/mol. The molecule has 2 aliphatic rings. The van der Waals surface area contributed by atoms with Crippen molar-refractivity contribution in [1.29, 1.82) is 0 Å². The van der Waals surface area contributed by atoms with E-state index < -0.39 is 16.3 Å². The van der Waals surface area contributed by atoms with Crippen LogP contribution in [0, 0.1) is 0 Å². The van der Waals surface area contributed by atoms with E-state index in [4.69, 9.17) is 9.47 Å². The van der Waals surface area contributed by atoms with E-state index in [0.717, 1.165) is 0 Å². The zero-order valence-corrected chi connectivity index (χ0v) is 19.9. The number of piperazine rings is 1. The van der Waals surface area contributed by atoms with Gasteiger partial charge in [0.1, 0.15) is 18.5 Å². The molecular formula is C24H31N3O6S. The highest BCUT2D eigenvalue weighted by Gasteiger charge is 2.33. The van der Waals surface area contributed by atoms with Crippen molar-refractivity contribution in [2.45, 2.75) is 6.10 Å². The lowest BCUT2D eigenvalue weighted by atomic mass is 10.0. The maximum absolute atomic E-state index is 12.8. The number of nitrogens with zero attached hydrogens (tertiary/aromatic N) is 3. The van der Waals surface area contributed by atoms with Crippen LogP contribution in [-0.4, -0.2) is 105 Å². The summed E-state index contributed by atoms with van der Waals surface area (Å²) in [5.74, 6) is 0.520. The van der Waals surface area contributed by atoms with E-state index in [1.165, 1.54) is 8.61 Å². The van der Waals surface area contributed by atoms with Gasteiger partial charge in [0.15, 0.2) is 5.78 Å². The standard InChI is InChI=1S/C24H31N3O6S/c28-22(18-25-10-12-26(13-11-25)34(30,31)27-14-16-32-17-15-27)19-33-23-8-6-21(7-9-23)24(29)20-4-2-1-3-5-20/h1-9,22,28H,10-19H2. The Morgan fingerprint density at radius 1 is 0.882 bits per heavy atom. The zero-order chi connectivity index (χ0) is 24.0. The van der Waals surface area contributed by atoms with Crippen LogP contribution >= 0.6 is 0 Å². The van der Waals surface area contributed by atoms with Gasteiger partial charge in [0.2, 0.25) is 0 Å². The van der Waals surface area contributed by atoms with Gasteiger partial charge in [-0.2, -0.15) is 17.0 Å². The summed E-state index contributed by atoms with van der Waals surface area (Å²) in [6.45, 7) is 4.03. The predicted molar refractivity (Wildman–Crippen MR) is 127 cm³/mol. The number of carbonyl (C=O) groups excluding carboxylic acids is 1. The lowest BCUT2D eigenvalue weighted by molar-refractivity contribution is 0.0525. The molecule has 2 fully saturated rings. The van der Waals surface area contributed by atoms with Crippen LogP contribution in [-0.2, 0) is 14.9 Å². The van der Waals surface area contributed by atoms with Crippen molar-refractivity contribution in [1.82, 2.24) is 13.5 Å². The number of rotatable bonds is 9. The fourth-order valence-corrected chi connectivity index (χ4v) is 5.65. The molecule has 2 saturated heterocycles. The number of hydrogen-bond acceptors (Lipinski definition) is 7. The fourth-order valence-electron chi connectivity index (χ4n) is 4.09. The topological polar surface area (TPSA) is 99.6 Å². The minimum Gasteiger partial charge on any atom is -0.491 e. The molecule has 2 heterocycles. The van der Waals surface area contributed by atoms with Gasteiger partial charge in [-0.15, -0.1) is 0 Å². The van der Waals surface area contributed by atoms with Gasteiger partial charge in [0.05, 0.1) is 13.2 Å². The largest absolute Gasteiger partial charge is 0.491 e. The Morgan fingerprint density at radius 3 is 2.12 bits per heavy atom. The number of aliphatic hydroxyl groups excluding tert-OH is 1. The summed E-state index contributed by atoms with van der Waals surface area (Å²) in [6.07, 6.45) is -0.715. The molecule has 0 radical (unpaired) electrons. The van der Waals surface area contributed by atoms with Crippen LogP contribution in [0.4, 0.5) is 0 Å². The Morgan fingerprint density at radius 2 is 1.47 bits per heavy atom. The van der Waals surface area contributed by atoms with Crippen molar-refractivity contribution < 1.29 is 27.8 Å². The molecule has 0 aliphatic carbocycles. The van der Waals surface area contributed by atoms with E-state index in [1.807, 2.05) is 23.1 Å². The second-order valence-corrected chi connectivity index (χ2v) is 10.3. The summed E-state index contributed by atoms with van der Waals surface area (Å²) in [6, 6.07) is 15.9. The molecule has 9 nitrogen and oxygen atoms in total. The molecule has 2 aromatic carbocycles. The summed E-state index contributed by atoms with van der Waals surface area (Å²) in [5.41, 5.74) is 1.20.